The van der Waals surface area contributed by atoms with Gasteiger partial charge in [0.25, 0.3) is 0 Å². The van der Waals surface area contributed by atoms with Gasteiger partial charge < -0.3 is 10.2 Å². The predicted molar refractivity (Wildman–Crippen MR) is 71.0 cm³/mol. The number of nitrogens with zero attached hydrogens (tertiary/aromatic N) is 2. The standard InChI is InChI=1S/C14H23N3/c1-15-12-13-5-9-17(10-6-13)11-7-14-4-2-3-8-16-14/h2-4,8,13,15H,5-7,9-12H2,1H3. The van der Waals surface area contributed by atoms with Gasteiger partial charge in [0.1, 0.15) is 0 Å². The molecule has 1 aliphatic rings. The lowest BCUT2D eigenvalue weighted by Crippen LogP contribution is -2.37. The molecule has 0 amide bonds. The molecule has 0 spiro atoms. The van der Waals surface area contributed by atoms with Crippen LogP contribution in [0.15, 0.2) is 24.4 Å². The van der Waals surface area contributed by atoms with Crippen LogP contribution in [-0.2, 0) is 6.42 Å². The Morgan fingerprint density at radius 1 is 1.35 bits per heavy atom. The molecule has 0 unspecified atom stereocenters. The van der Waals surface area contributed by atoms with E-state index in [4.69, 9.17) is 0 Å². The van der Waals surface area contributed by atoms with Gasteiger partial charge in [-0.15, -0.1) is 0 Å². The Kier molecular flexibility index (Phi) is 4.95. The molecular formula is C14H23N3. The number of hydrogen-bond donors (Lipinski definition) is 1. The molecule has 1 saturated heterocycles. The number of likely N-dealkylation sites (tertiary alicyclic amines) is 1. The average Bonchev–Trinajstić information content (AvgIpc) is 2.40. The van der Waals surface area contributed by atoms with Gasteiger partial charge in [0.15, 0.2) is 0 Å². The van der Waals surface area contributed by atoms with E-state index in [0.717, 1.165) is 18.9 Å². The summed E-state index contributed by atoms with van der Waals surface area (Å²) in [5.41, 5.74) is 1.21. The largest absolute Gasteiger partial charge is 0.319 e. The van der Waals surface area contributed by atoms with Gasteiger partial charge in [0, 0.05) is 24.9 Å². The quantitative estimate of drug-likeness (QED) is 0.836. The molecule has 1 aromatic heterocycles. The Morgan fingerprint density at radius 3 is 2.82 bits per heavy atom. The Morgan fingerprint density at radius 2 is 2.18 bits per heavy atom. The van der Waals surface area contributed by atoms with Crippen molar-refractivity contribution in [3.8, 4) is 0 Å². The second-order valence-electron chi connectivity index (χ2n) is 4.91. The van der Waals surface area contributed by atoms with E-state index in [1.54, 1.807) is 0 Å². The highest BCUT2D eigenvalue weighted by Crippen LogP contribution is 2.16. The fourth-order valence-electron chi connectivity index (χ4n) is 2.52. The summed E-state index contributed by atoms with van der Waals surface area (Å²) in [5.74, 6) is 0.881. The molecule has 2 heterocycles. The van der Waals surface area contributed by atoms with E-state index in [1.807, 2.05) is 19.3 Å². The van der Waals surface area contributed by atoms with Gasteiger partial charge in [-0.25, -0.2) is 0 Å². The third-order valence-electron chi connectivity index (χ3n) is 3.61. The summed E-state index contributed by atoms with van der Waals surface area (Å²) in [6, 6.07) is 6.17. The maximum absolute atomic E-state index is 4.37. The third-order valence-corrected chi connectivity index (χ3v) is 3.61. The summed E-state index contributed by atoms with van der Waals surface area (Å²) >= 11 is 0. The van der Waals surface area contributed by atoms with Crippen LogP contribution in [0.3, 0.4) is 0 Å². The number of nitrogens with one attached hydrogen (secondary N) is 1. The topological polar surface area (TPSA) is 28.2 Å². The van der Waals surface area contributed by atoms with Crippen molar-refractivity contribution in [2.24, 2.45) is 5.92 Å². The van der Waals surface area contributed by atoms with Crippen LogP contribution in [0.1, 0.15) is 18.5 Å². The Labute approximate surface area is 104 Å². The van der Waals surface area contributed by atoms with Crippen LogP contribution in [-0.4, -0.2) is 43.1 Å². The van der Waals surface area contributed by atoms with Crippen molar-refractivity contribution in [1.82, 2.24) is 15.2 Å². The monoisotopic (exact) mass is 233 g/mol. The molecule has 0 radical (unpaired) electrons. The maximum atomic E-state index is 4.37. The lowest BCUT2D eigenvalue weighted by atomic mass is 9.97. The summed E-state index contributed by atoms with van der Waals surface area (Å²) in [4.78, 5) is 6.94. The number of pyridine rings is 1. The van der Waals surface area contributed by atoms with Crippen molar-refractivity contribution in [2.45, 2.75) is 19.3 Å². The Hall–Kier alpha value is -0.930. The molecule has 3 nitrogen and oxygen atoms in total. The molecule has 17 heavy (non-hydrogen) atoms. The van der Waals surface area contributed by atoms with Crippen molar-refractivity contribution in [3.63, 3.8) is 0 Å². The van der Waals surface area contributed by atoms with Gasteiger partial charge in [-0.2, -0.15) is 0 Å². The normalized spacial score (nSPS) is 18.4. The fraction of sp³-hybridized carbons (Fsp3) is 0.643. The zero-order chi connectivity index (χ0) is 11.9. The summed E-state index contributed by atoms with van der Waals surface area (Å²) in [7, 11) is 2.05. The Bertz CT molecular complexity index is 305. The van der Waals surface area contributed by atoms with Gasteiger partial charge >= 0.3 is 0 Å². The minimum atomic E-state index is 0.881. The van der Waals surface area contributed by atoms with Gasteiger partial charge in [-0.1, -0.05) is 6.07 Å². The van der Waals surface area contributed by atoms with Crippen LogP contribution >= 0.6 is 0 Å². The third kappa shape index (κ3) is 4.10. The highest BCUT2D eigenvalue weighted by atomic mass is 15.1. The predicted octanol–water partition coefficient (Wildman–Crippen LogP) is 1.56. The summed E-state index contributed by atoms with van der Waals surface area (Å²) in [6.07, 6.45) is 5.64. The summed E-state index contributed by atoms with van der Waals surface area (Å²) in [5, 5.41) is 3.28. The molecule has 1 N–H and O–H groups in total. The van der Waals surface area contributed by atoms with Gasteiger partial charge in [0.05, 0.1) is 0 Å². The highest BCUT2D eigenvalue weighted by molar-refractivity contribution is 5.03. The van der Waals surface area contributed by atoms with Crippen molar-refractivity contribution in [2.75, 3.05) is 33.2 Å². The minimum Gasteiger partial charge on any atom is -0.319 e. The fourth-order valence-corrected chi connectivity index (χ4v) is 2.52. The lowest BCUT2D eigenvalue weighted by molar-refractivity contribution is 0.185. The van der Waals surface area contributed by atoms with E-state index in [0.29, 0.717) is 0 Å². The van der Waals surface area contributed by atoms with Crippen LogP contribution in [0, 0.1) is 5.92 Å². The molecule has 0 aliphatic carbocycles. The number of aromatic nitrogens is 1. The number of piperidine rings is 1. The van der Waals surface area contributed by atoms with Gasteiger partial charge in [-0.3, -0.25) is 4.98 Å². The van der Waals surface area contributed by atoms with Crippen LogP contribution in [0.25, 0.3) is 0 Å². The zero-order valence-electron chi connectivity index (χ0n) is 10.7. The smallest absolute Gasteiger partial charge is 0.0416 e. The first-order valence-electron chi connectivity index (χ1n) is 6.65. The first-order chi connectivity index (χ1) is 8.38. The van der Waals surface area contributed by atoms with E-state index in [9.17, 15) is 0 Å². The number of rotatable bonds is 5. The van der Waals surface area contributed by atoms with E-state index in [2.05, 4.69) is 27.3 Å². The van der Waals surface area contributed by atoms with E-state index < -0.39 is 0 Å². The molecule has 2 rings (SSSR count). The molecule has 0 aromatic carbocycles. The van der Waals surface area contributed by atoms with E-state index in [1.165, 1.54) is 38.2 Å². The summed E-state index contributed by atoms with van der Waals surface area (Å²) in [6.45, 7) is 4.83. The Balaban J connectivity index is 1.68. The van der Waals surface area contributed by atoms with Crippen molar-refractivity contribution in [3.05, 3.63) is 30.1 Å². The van der Waals surface area contributed by atoms with Crippen LogP contribution in [0.2, 0.25) is 0 Å². The molecule has 0 atom stereocenters. The van der Waals surface area contributed by atoms with Crippen LogP contribution in [0.4, 0.5) is 0 Å². The SMILES string of the molecule is CNCC1CCN(CCc2ccccn2)CC1. The van der Waals surface area contributed by atoms with Crippen molar-refractivity contribution < 1.29 is 0 Å². The molecule has 0 saturated carbocycles. The summed E-state index contributed by atoms with van der Waals surface area (Å²) < 4.78 is 0. The molecule has 1 aliphatic heterocycles. The minimum absolute atomic E-state index is 0.881. The van der Waals surface area contributed by atoms with Crippen LogP contribution in [0.5, 0.6) is 0 Å². The second-order valence-corrected chi connectivity index (χ2v) is 4.91. The average molecular weight is 233 g/mol. The van der Waals surface area contributed by atoms with E-state index >= 15 is 0 Å². The van der Waals surface area contributed by atoms with Crippen LogP contribution < -0.4 is 5.32 Å². The first-order valence-corrected chi connectivity index (χ1v) is 6.65. The lowest BCUT2D eigenvalue weighted by Gasteiger charge is -2.31. The van der Waals surface area contributed by atoms with E-state index in [-0.39, 0.29) is 0 Å². The molecule has 3 heteroatoms. The highest BCUT2D eigenvalue weighted by Gasteiger charge is 2.17. The number of hydrogen-bond acceptors (Lipinski definition) is 3. The molecular weight excluding hydrogens is 210 g/mol. The molecule has 1 aromatic rings. The second kappa shape index (κ2) is 6.72. The van der Waals surface area contributed by atoms with Gasteiger partial charge in [-0.05, 0) is 57.6 Å². The van der Waals surface area contributed by atoms with Crippen molar-refractivity contribution >= 4 is 0 Å². The zero-order valence-corrected chi connectivity index (χ0v) is 10.7. The maximum Gasteiger partial charge on any atom is 0.0416 e. The molecule has 1 fully saturated rings. The first kappa shape index (κ1) is 12.5. The van der Waals surface area contributed by atoms with Gasteiger partial charge in [0.2, 0.25) is 0 Å². The van der Waals surface area contributed by atoms with Crippen molar-refractivity contribution in [1.29, 1.82) is 0 Å². The molecule has 94 valence electrons. The molecule has 0 bridgehead atoms.